The van der Waals surface area contributed by atoms with Gasteiger partial charge in [-0.25, -0.2) is 0 Å². The first-order valence-corrected chi connectivity index (χ1v) is 16.6. The highest BCUT2D eigenvalue weighted by Gasteiger charge is 2.49. The van der Waals surface area contributed by atoms with E-state index < -0.39 is 18.5 Å². The fraction of sp³-hybridized carbons (Fsp3) is 0.250. The molecular weight excluding hydrogens is 593 g/mol. The van der Waals surface area contributed by atoms with Crippen LogP contribution in [0.1, 0.15) is 22.3 Å². The molecule has 1 fully saturated rings. The molecule has 1 heterocycles. The van der Waals surface area contributed by atoms with Crippen LogP contribution in [0.3, 0.4) is 0 Å². The highest BCUT2D eigenvalue weighted by atomic mass is 32.2. The third-order valence-electron chi connectivity index (χ3n) is 7.91. The van der Waals surface area contributed by atoms with E-state index in [9.17, 15) is 0 Å². The van der Waals surface area contributed by atoms with E-state index in [0.717, 1.165) is 27.3 Å². The van der Waals surface area contributed by atoms with E-state index in [0.29, 0.717) is 26.4 Å². The predicted octanol–water partition coefficient (Wildman–Crippen LogP) is 8.65. The summed E-state index contributed by atoms with van der Waals surface area (Å²) >= 11 is 1.71. The van der Waals surface area contributed by atoms with Crippen molar-refractivity contribution >= 4 is 11.8 Å². The Kier molecular flexibility index (Phi) is 11.6. The lowest BCUT2D eigenvalue weighted by molar-refractivity contribution is -0.253. The molecule has 0 radical (unpaired) electrons. The fourth-order valence-electron chi connectivity index (χ4n) is 5.49. The highest BCUT2D eigenvalue weighted by Crippen LogP contribution is 2.40. The summed E-state index contributed by atoms with van der Waals surface area (Å²) in [6.07, 6.45) is -1.90. The zero-order chi connectivity index (χ0) is 31.4. The van der Waals surface area contributed by atoms with E-state index in [1.807, 2.05) is 84.9 Å². The van der Waals surface area contributed by atoms with Crippen LogP contribution in [0.4, 0.5) is 0 Å². The van der Waals surface area contributed by atoms with Gasteiger partial charge in [-0.05, 0) is 47.4 Å². The van der Waals surface area contributed by atoms with E-state index in [-0.39, 0.29) is 11.4 Å². The monoisotopic (exact) mass is 632 g/mol. The number of ether oxygens (including phenoxy) is 5. The molecule has 5 aromatic carbocycles. The number of thioether (sulfide) groups is 1. The maximum atomic E-state index is 6.90. The molecule has 1 aliphatic heterocycles. The molecule has 0 spiro atoms. The number of benzene rings is 5. The minimum Gasteiger partial charge on any atom is -0.464 e. The molecular formula is C40H40O5S. The van der Waals surface area contributed by atoms with Crippen molar-refractivity contribution in [2.24, 2.45) is 0 Å². The van der Waals surface area contributed by atoms with Crippen LogP contribution in [0.5, 0.6) is 5.75 Å². The van der Waals surface area contributed by atoms with Crippen LogP contribution in [0.25, 0.3) is 0 Å². The molecule has 6 heteroatoms. The second-order valence-electron chi connectivity index (χ2n) is 11.3. The third kappa shape index (κ3) is 8.87. The van der Waals surface area contributed by atoms with Crippen LogP contribution < -0.4 is 4.74 Å². The Balaban J connectivity index is 1.34. The van der Waals surface area contributed by atoms with Crippen LogP contribution in [0, 0.1) is 6.92 Å². The molecule has 46 heavy (non-hydrogen) atoms. The van der Waals surface area contributed by atoms with E-state index in [1.165, 1.54) is 5.56 Å². The van der Waals surface area contributed by atoms with Crippen molar-refractivity contribution in [1.82, 2.24) is 0 Å². The lowest BCUT2D eigenvalue weighted by Gasteiger charge is -2.46. The number of hydrogen-bond donors (Lipinski definition) is 0. The summed E-state index contributed by atoms with van der Waals surface area (Å²) < 4.78 is 33.5. The van der Waals surface area contributed by atoms with Gasteiger partial charge in [-0.2, -0.15) is 0 Å². The molecule has 5 atom stereocenters. The first-order chi connectivity index (χ1) is 22.7. The molecule has 0 saturated carbocycles. The smallest absolute Gasteiger partial charge is 0.215 e. The summed E-state index contributed by atoms with van der Waals surface area (Å²) in [6.45, 7) is 3.75. The van der Waals surface area contributed by atoms with Gasteiger partial charge in [-0.15, -0.1) is 11.8 Å². The van der Waals surface area contributed by atoms with Gasteiger partial charge in [0.15, 0.2) is 0 Å². The van der Waals surface area contributed by atoms with Gasteiger partial charge in [-0.1, -0.05) is 127 Å². The van der Waals surface area contributed by atoms with Crippen molar-refractivity contribution < 1.29 is 23.7 Å². The maximum absolute atomic E-state index is 6.90. The van der Waals surface area contributed by atoms with Gasteiger partial charge in [0.2, 0.25) is 6.29 Å². The largest absolute Gasteiger partial charge is 0.464 e. The molecule has 1 saturated heterocycles. The van der Waals surface area contributed by atoms with E-state index in [1.54, 1.807) is 11.8 Å². The van der Waals surface area contributed by atoms with Crippen LogP contribution >= 0.6 is 11.8 Å². The lowest BCUT2D eigenvalue weighted by Crippen LogP contribution is -2.60. The first-order valence-electron chi connectivity index (χ1n) is 15.7. The topological polar surface area (TPSA) is 46.2 Å². The SMILES string of the molecule is Cc1ccccc1S[C@H]1[C@H](Oc2ccccc2)O[C@H](COCc2ccccc2)[C@@H](OCc2ccccc2)[C@@H]1OCc1ccccc1. The summed E-state index contributed by atoms with van der Waals surface area (Å²) in [5.74, 6) is 0.734. The number of hydrogen-bond acceptors (Lipinski definition) is 6. The number of para-hydroxylation sites is 1. The molecule has 236 valence electrons. The summed E-state index contributed by atoms with van der Waals surface area (Å²) in [6, 6.07) is 48.9. The van der Waals surface area contributed by atoms with Crippen molar-refractivity contribution in [2.45, 2.75) is 61.5 Å². The molecule has 0 bridgehead atoms. The van der Waals surface area contributed by atoms with Crippen LogP contribution in [-0.2, 0) is 38.8 Å². The van der Waals surface area contributed by atoms with Gasteiger partial charge in [0.05, 0.1) is 26.4 Å². The zero-order valence-electron chi connectivity index (χ0n) is 26.0. The van der Waals surface area contributed by atoms with Gasteiger partial charge in [0.1, 0.15) is 29.3 Å². The second-order valence-corrected chi connectivity index (χ2v) is 12.6. The third-order valence-corrected chi connectivity index (χ3v) is 9.38. The Bertz CT molecular complexity index is 1590. The van der Waals surface area contributed by atoms with Crippen LogP contribution in [0.15, 0.2) is 150 Å². The van der Waals surface area contributed by atoms with Crippen molar-refractivity contribution in [2.75, 3.05) is 6.61 Å². The summed E-state index contributed by atoms with van der Waals surface area (Å²) in [7, 11) is 0. The van der Waals surface area contributed by atoms with Gasteiger partial charge in [0.25, 0.3) is 0 Å². The van der Waals surface area contributed by atoms with Crippen molar-refractivity contribution in [3.8, 4) is 5.75 Å². The quantitative estimate of drug-likeness (QED) is 0.122. The highest BCUT2D eigenvalue weighted by molar-refractivity contribution is 8.00. The molecule has 0 N–H and O–H groups in total. The van der Waals surface area contributed by atoms with E-state index in [4.69, 9.17) is 23.7 Å². The molecule has 0 amide bonds. The number of rotatable bonds is 14. The van der Waals surface area contributed by atoms with Gasteiger partial charge >= 0.3 is 0 Å². The van der Waals surface area contributed by atoms with Crippen molar-refractivity contribution in [1.29, 1.82) is 0 Å². The predicted molar refractivity (Wildman–Crippen MR) is 183 cm³/mol. The van der Waals surface area contributed by atoms with Gasteiger partial charge < -0.3 is 23.7 Å². The molecule has 5 aromatic rings. The minimum absolute atomic E-state index is 0.254. The normalized spacial score (nSPS) is 21.1. The number of aryl methyl sites for hydroxylation is 1. The molecule has 0 aliphatic carbocycles. The summed E-state index contributed by atoms with van der Waals surface area (Å²) in [4.78, 5) is 1.15. The lowest BCUT2D eigenvalue weighted by atomic mass is 10.00. The standard InChI is InChI=1S/C40H40O5S/c1-30-16-14-15-25-36(30)46-39-38(43-28-33-21-10-4-11-22-33)37(42-27-32-19-8-3-9-20-32)35(29-41-26-31-17-6-2-7-18-31)45-40(39)44-34-23-12-5-13-24-34/h2-25,35,37-40H,26-29H2,1H3/t35-,37-,38+,39-,40-/m1/s1. The van der Waals surface area contributed by atoms with E-state index in [2.05, 4.69) is 67.6 Å². The molecule has 0 unspecified atom stereocenters. The molecule has 6 rings (SSSR count). The Morgan fingerprint density at radius 2 is 1.07 bits per heavy atom. The molecule has 5 nitrogen and oxygen atoms in total. The van der Waals surface area contributed by atoms with Gasteiger partial charge in [0, 0.05) is 4.90 Å². The maximum Gasteiger partial charge on any atom is 0.215 e. The average Bonchev–Trinajstić information content (AvgIpc) is 3.10. The fourth-order valence-corrected chi connectivity index (χ4v) is 6.80. The van der Waals surface area contributed by atoms with Crippen LogP contribution in [-0.4, -0.2) is 36.5 Å². The Labute approximate surface area is 276 Å². The first kappa shape index (κ1) is 32.0. The minimum atomic E-state index is -0.630. The summed E-state index contributed by atoms with van der Waals surface area (Å²) in [5.41, 5.74) is 4.46. The molecule has 1 aliphatic rings. The Morgan fingerprint density at radius 1 is 0.565 bits per heavy atom. The summed E-state index contributed by atoms with van der Waals surface area (Å²) in [5, 5.41) is -0.254. The van der Waals surface area contributed by atoms with E-state index >= 15 is 0 Å². The van der Waals surface area contributed by atoms with Gasteiger partial charge in [-0.3, -0.25) is 0 Å². The Hall–Kier alpha value is -3.91. The Morgan fingerprint density at radius 3 is 1.65 bits per heavy atom. The van der Waals surface area contributed by atoms with Crippen LogP contribution in [0.2, 0.25) is 0 Å². The molecule has 0 aromatic heterocycles. The average molecular weight is 633 g/mol. The zero-order valence-corrected chi connectivity index (χ0v) is 26.8. The van der Waals surface area contributed by atoms with Crippen molar-refractivity contribution in [3.05, 3.63) is 168 Å². The second kappa shape index (κ2) is 16.6. The van der Waals surface area contributed by atoms with Crippen molar-refractivity contribution in [3.63, 3.8) is 0 Å².